The van der Waals surface area contributed by atoms with Gasteiger partial charge in [0.05, 0.1) is 5.69 Å². The van der Waals surface area contributed by atoms with E-state index in [1.807, 2.05) is 72.3 Å². The largest absolute Gasteiger partial charge is 0.326 e. The van der Waals surface area contributed by atoms with E-state index in [4.69, 9.17) is 11.6 Å². The van der Waals surface area contributed by atoms with Crippen LogP contribution in [-0.2, 0) is 4.79 Å². The molecule has 7 heteroatoms. The van der Waals surface area contributed by atoms with Crippen molar-refractivity contribution in [2.45, 2.75) is 6.92 Å². The summed E-state index contributed by atoms with van der Waals surface area (Å²) in [6, 6.07) is 24.2. The number of anilines is 1. The van der Waals surface area contributed by atoms with Crippen molar-refractivity contribution in [2.75, 3.05) is 18.4 Å². The van der Waals surface area contributed by atoms with Gasteiger partial charge < -0.3 is 4.90 Å². The smallest absolute Gasteiger partial charge is 0.254 e. The van der Waals surface area contributed by atoms with Gasteiger partial charge in [0.15, 0.2) is 0 Å². The number of benzene rings is 3. The lowest BCUT2D eigenvalue weighted by molar-refractivity contribution is -0.116. The summed E-state index contributed by atoms with van der Waals surface area (Å²) < 4.78 is 1.84. The Labute approximate surface area is 209 Å². The number of hydrogen-bond acceptors (Lipinski definition) is 3. The molecule has 1 heterocycles. The summed E-state index contributed by atoms with van der Waals surface area (Å²) in [7, 11) is 0. The second-order valence-corrected chi connectivity index (χ2v) is 8.49. The Balaban J connectivity index is 1.60. The number of aromatic nitrogens is 2. The first-order valence-electron chi connectivity index (χ1n) is 11.1. The molecule has 0 saturated heterocycles. The Morgan fingerprint density at radius 3 is 2.49 bits per heavy atom. The second kappa shape index (κ2) is 10.8. The molecule has 0 atom stereocenters. The second-order valence-electron chi connectivity index (χ2n) is 8.05. The molecule has 1 aromatic heterocycles. The lowest BCUT2D eigenvalue weighted by Gasteiger charge is -2.21. The van der Waals surface area contributed by atoms with Crippen molar-refractivity contribution in [3.05, 3.63) is 114 Å². The molecule has 4 aromatic rings. The molecule has 176 valence electrons. The van der Waals surface area contributed by atoms with E-state index in [2.05, 4.69) is 16.9 Å². The van der Waals surface area contributed by atoms with E-state index >= 15 is 0 Å². The highest BCUT2D eigenvalue weighted by Crippen LogP contribution is 2.25. The number of carbonyl (C=O) groups is 2. The molecule has 0 aliphatic carbocycles. The molecule has 3 aromatic carbocycles. The quantitative estimate of drug-likeness (QED) is 0.323. The first-order valence-corrected chi connectivity index (χ1v) is 11.5. The maximum atomic E-state index is 13.1. The summed E-state index contributed by atoms with van der Waals surface area (Å²) in [5.41, 5.74) is 4.05. The first kappa shape index (κ1) is 24.0. The Bertz CT molecular complexity index is 1350. The van der Waals surface area contributed by atoms with Crippen LogP contribution in [0.1, 0.15) is 15.9 Å². The maximum absolute atomic E-state index is 13.1. The van der Waals surface area contributed by atoms with Crippen molar-refractivity contribution in [3.63, 3.8) is 0 Å². The fourth-order valence-electron chi connectivity index (χ4n) is 3.68. The van der Waals surface area contributed by atoms with Gasteiger partial charge in [-0.05, 0) is 48.9 Å². The third-order valence-corrected chi connectivity index (χ3v) is 5.62. The summed E-state index contributed by atoms with van der Waals surface area (Å²) in [4.78, 5) is 32.2. The predicted octanol–water partition coefficient (Wildman–Crippen LogP) is 5.77. The molecule has 0 fully saturated rings. The summed E-state index contributed by atoms with van der Waals surface area (Å²) in [6.45, 7) is 5.78. The van der Waals surface area contributed by atoms with Gasteiger partial charge in [-0.1, -0.05) is 60.1 Å². The van der Waals surface area contributed by atoms with Gasteiger partial charge in [0.1, 0.15) is 6.54 Å². The minimum Gasteiger partial charge on any atom is -0.326 e. The fraction of sp³-hybridized carbons (Fsp3) is 0.107. The van der Waals surface area contributed by atoms with Crippen LogP contribution in [0.5, 0.6) is 0 Å². The minimum atomic E-state index is -0.367. The summed E-state index contributed by atoms with van der Waals surface area (Å²) in [5.74, 6) is -0.283. The Morgan fingerprint density at radius 2 is 1.80 bits per heavy atom. The highest BCUT2D eigenvalue weighted by molar-refractivity contribution is 6.30. The molecule has 0 aliphatic rings. The van der Waals surface area contributed by atoms with Gasteiger partial charge >= 0.3 is 0 Å². The number of rotatable bonds is 8. The molecule has 0 unspecified atom stereocenters. The number of aryl methyl sites for hydroxylation is 1. The van der Waals surface area contributed by atoms with E-state index in [0.717, 1.165) is 22.5 Å². The summed E-state index contributed by atoms with van der Waals surface area (Å²) in [6.07, 6.45) is 3.47. The molecule has 2 amide bonds. The van der Waals surface area contributed by atoms with Crippen molar-refractivity contribution < 1.29 is 9.59 Å². The molecular formula is C28H25ClN4O2. The van der Waals surface area contributed by atoms with Crippen LogP contribution in [0, 0.1) is 6.92 Å². The number of halogens is 1. The summed E-state index contributed by atoms with van der Waals surface area (Å²) in [5, 5.41) is 3.42. The van der Waals surface area contributed by atoms with E-state index in [-0.39, 0.29) is 24.9 Å². The maximum Gasteiger partial charge on any atom is 0.254 e. The fourth-order valence-corrected chi connectivity index (χ4v) is 3.80. The average Bonchev–Trinajstić information content (AvgIpc) is 3.28. The van der Waals surface area contributed by atoms with Crippen molar-refractivity contribution in [3.8, 4) is 16.9 Å². The van der Waals surface area contributed by atoms with E-state index < -0.39 is 0 Å². The topological polar surface area (TPSA) is 67.2 Å². The van der Waals surface area contributed by atoms with Gasteiger partial charge in [-0.3, -0.25) is 19.5 Å². The number of carbonyl (C=O) groups excluding carboxylic acids is 2. The van der Waals surface area contributed by atoms with Gasteiger partial charge in [0.2, 0.25) is 11.9 Å². The molecule has 0 aliphatic heterocycles. The molecule has 4 rings (SSSR count). The Morgan fingerprint density at radius 1 is 1.06 bits per heavy atom. The highest BCUT2D eigenvalue weighted by atomic mass is 35.5. The Kier molecular flexibility index (Phi) is 7.43. The molecule has 0 saturated carbocycles. The number of imidazole rings is 1. The van der Waals surface area contributed by atoms with Crippen molar-refractivity contribution in [2.24, 2.45) is 0 Å². The lowest BCUT2D eigenvalue weighted by atomic mass is 10.2. The van der Waals surface area contributed by atoms with Crippen LogP contribution in [0.3, 0.4) is 0 Å². The minimum absolute atomic E-state index is 0.158. The molecule has 0 radical (unpaired) electrons. The Hall–Kier alpha value is -4.16. The molecule has 6 nitrogen and oxygen atoms in total. The van der Waals surface area contributed by atoms with Gasteiger partial charge in [-0.25, -0.2) is 4.98 Å². The number of nitrogens with one attached hydrogen (secondary N) is 1. The highest BCUT2D eigenvalue weighted by Gasteiger charge is 2.20. The van der Waals surface area contributed by atoms with Crippen molar-refractivity contribution in [1.82, 2.24) is 14.5 Å². The zero-order chi connectivity index (χ0) is 24.8. The molecular weight excluding hydrogens is 460 g/mol. The zero-order valence-electron chi connectivity index (χ0n) is 19.3. The average molecular weight is 485 g/mol. The van der Waals surface area contributed by atoms with Crippen LogP contribution in [0.4, 0.5) is 5.95 Å². The molecule has 1 N–H and O–H groups in total. The lowest BCUT2D eigenvalue weighted by Crippen LogP contribution is -2.38. The van der Waals surface area contributed by atoms with Crippen LogP contribution in [-0.4, -0.2) is 39.4 Å². The van der Waals surface area contributed by atoms with Crippen LogP contribution in [0.2, 0.25) is 5.02 Å². The third-order valence-electron chi connectivity index (χ3n) is 5.37. The normalized spacial score (nSPS) is 10.6. The first-order chi connectivity index (χ1) is 16.9. The SMILES string of the molecule is C=CCN(CC(=O)Nc1nc(-c2ccccc2)cn1-c1cccc(C)c1)C(=O)c1ccc(Cl)cc1. The van der Waals surface area contributed by atoms with Crippen LogP contribution in [0.25, 0.3) is 16.9 Å². The molecule has 0 bridgehead atoms. The van der Waals surface area contributed by atoms with Gasteiger partial charge in [-0.2, -0.15) is 0 Å². The standard InChI is InChI=1S/C28H25ClN4O2/c1-3-16-32(27(35)22-12-14-23(29)15-13-22)19-26(34)31-28-30-25(21-9-5-4-6-10-21)18-33(28)24-11-7-8-20(2)17-24/h3-15,17-18H,1,16,19H2,2H3,(H,30,31,34). The zero-order valence-corrected chi connectivity index (χ0v) is 20.1. The van der Waals surface area contributed by atoms with Crippen LogP contribution >= 0.6 is 11.6 Å². The van der Waals surface area contributed by atoms with Crippen molar-refractivity contribution >= 4 is 29.4 Å². The third kappa shape index (κ3) is 5.86. The van der Waals surface area contributed by atoms with Gasteiger partial charge in [0, 0.05) is 34.6 Å². The monoisotopic (exact) mass is 484 g/mol. The van der Waals surface area contributed by atoms with Crippen molar-refractivity contribution in [1.29, 1.82) is 0 Å². The van der Waals surface area contributed by atoms with Gasteiger partial charge in [-0.15, -0.1) is 6.58 Å². The van der Waals surface area contributed by atoms with Gasteiger partial charge in [0.25, 0.3) is 5.91 Å². The van der Waals surface area contributed by atoms with E-state index in [0.29, 0.717) is 16.5 Å². The molecule has 35 heavy (non-hydrogen) atoms. The van der Waals surface area contributed by atoms with Crippen LogP contribution in [0.15, 0.2) is 97.7 Å². The number of nitrogens with zero attached hydrogens (tertiary/aromatic N) is 3. The number of amides is 2. The van der Waals surface area contributed by atoms with E-state index in [1.54, 1.807) is 30.3 Å². The predicted molar refractivity (Wildman–Crippen MR) is 140 cm³/mol. The van der Waals surface area contributed by atoms with E-state index in [9.17, 15) is 9.59 Å². The summed E-state index contributed by atoms with van der Waals surface area (Å²) >= 11 is 5.94. The molecule has 0 spiro atoms. The number of hydrogen-bond donors (Lipinski definition) is 1. The van der Waals surface area contributed by atoms with E-state index in [1.165, 1.54) is 4.90 Å². The van der Waals surface area contributed by atoms with Crippen LogP contribution < -0.4 is 5.32 Å².